The molecule has 3 rings (SSSR count). The van der Waals surface area contributed by atoms with Gasteiger partial charge in [0.15, 0.2) is 5.82 Å². The average molecular weight is 447 g/mol. The van der Waals surface area contributed by atoms with E-state index in [9.17, 15) is 8.42 Å². The van der Waals surface area contributed by atoms with Crippen LogP contribution in [0.2, 0.25) is 0 Å². The topological polar surface area (TPSA) is 120 Å². The molecule has 31 heavy (non-hydrogen) atoms. The molecule has 0 amide bonds. The summed E-state index contributed by atoms with van der Waals surface area (Å²) in [6.07, 6.45) is 3.45. The summed E-state index contributed by atoms with van der Waals surface area (Å²) in [6, 6.07) is 8.22. The fourth-order valence-corrected chi connectivity index (χ4v) is 4.01. The lowest BCUT2D eigenvalue weighted by atomic mass is 10.3. The van der Waals surface area contributed by atoms with Crippen LogP contribution in [0, 0.1) is 6.92 Å². The highest BCUT2D eigenvalue weighted by molar-refractivity contribution is 7.89. The summed E-state index contributed by atoms with van der Waals surface area (Å²) in [7, 11) is -3.77. The normalized spacial score (nSPS) is 11.3. The van der Waals surface area contributed by atoms with E-state index >= 15 is 0 Å². The third-order valence-electron chi connectivity index (χ3n) is 4.10. The maximum Gasteiger partial charge on any atom is 0.244 e. The number of aryl methyl sites for hydroxylation is 1. The Hall–Kier alpha value is -3.18. The smallest absolute Gasteiger partial charge is 0.244 e. The molecule has 0 bridgehead atoms. The van der Waals surface area contributed by atoms with E-state index in [1.54, 1.807) is 55.2 Å². The average Bonchev–Trinajstić information content (AvgIpc) is 3.26. The van der Waals surface area contributed by atoms with Crippen molar-refractivity contribution in [2.24, 2.45) is 0 Å². The van der Waals surface area contributed by atoms with Crippen LogP contribution in [0.15, 0.2) is 47.6 Å². The van der Waals surface area contributed by atoms with Gasteiger partial charge >= 0.3 is 0 Å². The molecule has 0 aliphatic carbocycles. The van der Waals surface area contributed by atoms with Gasteiger partial charge < -0.3 is 14.8 Å². The third kappa shape index (κ3) is 5.92. The molecule has 0 fully saturated rings. The van der Waals surface area contributed by atoms with Crippen molar-refractivity contribution in [1.29, 1.82) is 0 Å². The second-order valence-electron chi connectivity index (χ2n) is 6.41. The summed E-state index contributed by atoms with van der Waals surface area (Å²) in [5.41, 5.74) is 0. The highest BCUT2D eigenvalue weighted by Crippen LogP contribution is 2.28. The molecule has 1 aromatic carbocycles. The SMILES string of the molecule is CCOc1ccc(S(=O)(=O)NCCNc2cc(-n3cccn3)nc(C)n2)c(OCC)c1. The first-order valence-electron chi connectivity index (χ1n) is 9.91. The van der Waals surface area contributed by atoms with E-state index in [1.807, 2.05) is 6.92 Å². The number of hydrogen-bond donors (Lipinski definition) is 2. The fourth-order valence-electron chi connectivity index (χ4n) is 2.85. The summed E-state index contributed by atoms with van der Waals surface area (Å²) >= 11 is 0. The molecular weight excluding hydrogens is 420 g/mol. The Labute approximate surface area is 181 Å². The lowest BCUT2D eigenvalue weighted by Gasteiger charge is -2.14. The van der Waals surface area contributed by atoms with Crippen LogP contribution in [0.25, 0.3) is 5.82 Å². The van der Waals surface area contributed by atoms with Gasteiger partial charge in [0.25, 0.3) is 0 Å². The Balaban J connectivity index is 1.64. The van der Waals surface area contributed by atoms with Crippen LogP contribution in [0.1, 0.15) is 19.7 Å². The van der Waals surface area contributed by atoms with Gasteiger partial charge in [-0.2, -0.15) is 5.10 Å². The quantitative estimate of drug-likeness (QED) is 0.430. The van der Waals surface area contributed by atoms with E-state index in [1.165, 1.54) is 6.07 Å². The van der Waals surface area contributed by atoms with Crippen LogP contribution in [0.4, 0.5) is 5.82 Å². The largest absolute Gasteiger partial charge is 0.494 e. The zero-order chi connectivity index (χ0) is 22.3. The molecule has 2 N–H and O–H groups in total. The monoisotopic (exact) mass is 446 g/mol. The van der Waals surface area contributed by atoms with Gasteiger partial charge in [0.1, 0.15) is 28.0 Å². The van der Waals surface area contributed by atoms with Crippen LogP contribution < -0.4 is 19.5 Å². The van der Waals surface area contributed by atoms with Crippen molar-refractivity contribution in [3.8, 4) is 17.3 Å². The minimum Gasteiger partial charge on any atom is -0.494 e. The van der Waals surface area contributed by atoms with Crippen molar-refractivity contribution in [3.05, 3.63) is 48.5 Å². The van der Waals surface area contributed by atoms with Crippen molar-refractivity contribution in [2.75, 3.05) is 31.6 Å². The molecule has 2 heterocycles. The van der Waals surface area contributed by atoms with Gasteiger partial charge in [0.05, 0.1) is 13.2 Å². The molecule has 0 saturated carbocycles. The van der Waals surface area contributed by atoms with Crippen molar-refractivity contribution >= 4 is 15.8 Å². The highest BCUT2D eigenvalue weighted by atomic mass is 32.2. The lowest BCUT2D eigenvalue weighted by Crippen LogP contribution is -2.29. The minimum atomic E-state index is -3.77. The third-order valence-corrected chi connectivity index (χ3v) is 5.60. The first-order valence-corrected chi connectivity index (χ1v) is 11.4. The molecule has 2 aromatic heterocycles. The van der Waals surface area contributed by atoms with Crippen molar-refractivity contribution in [1.82, 2.24) is 24.5 Å². The standard InChI is InChI=1S/C20H26N6O4S/c1-4-29-16-7-8-18(17(13-16)30-5-2)31(27,28)23-11-10-21-19-14-20(25-15(3)24-19)26-12-6-9-22-26/h6-9,12-14,23H,4-5,10-11H2,1-3H3,(H,21,24,25). The van der Waals surface area contributed by atoms with Gasteiger partial charge in [0, 0.05) is 37.6 Å². The Bertz CT molecular complexity index is 1100. The van der Waals surface area contributed by atoms with E-state index in [0.717, 1.165) is 0 Å². The minimum absolute atomic E-state index is 0.0663. The molecule has 0 unspecified atom stereocenters. The molecule has 166 valence electrons. The predicted octanol–water partition coefficient (Wildman–Crippen LogP) is 2.16. The summed E-state index contributed by atoms with van der Waals surface area (Å²) in [5.74, 6) is 2.58. The van der Waals surface area contributed by atoms with E-state index in [2.05, 4.69) is 25.1 Å². The fraction of sp³-hybridized carbons (Fsp3) is 0.350. The number of nitrogens with one attached hydrogen (secondary N) is 2. The van der Waals surface area contributed by atoms with Crippen LogP contribution in [0.3, 0.4) is 0 Å². The maximum absolute atomic E-state index is 12.8. The Kier molecular flexibility index (Phi) is 7.42. The van der Waals surface area contributed by atoms with Gasteiger partial charge in [-0.1, -0.05) is 0 Å². The molecule has 0 saturated heterocycles. The highest BCUT2D eigenvalue weighted by Gasteiger charge is 2.20. The summed E-state index contributed by atoms with van der Waals surface area (Å²) in [6.45, 7) is 6.73. The first-order chi connectivity index (χ1) is 14.9. The molecule has 10 nitrogen and oxygen atoms in total. The molecule has 3 aromatic rings. The van der Waals surface area contributed by atoms with Gasteiger partial charge in [-0.05, 0) is 39.0 Å². The molecule has 0 aliphatic heterocycles. The van der Waals surface area contributed by atoms with E-state index in [-0.39, 0.29) is 17.2 Å². The number of sulfonamides is 1. The van der Waals surface area contributed by atoms with Gasteiger partial charge in [-0.15, -0.1) is 0 Å². The second kappa shape index (κ2) is 10.2. The van der Waals surface area contributed by atoms with Crippen molar-refractivity contribution < 1.29 is 17.9 Å². The van der Waals surface area contributed by atoms with E-state index in [0.29, 0.717) is 43.0 Å². The number of aromatic nitrogens is 4. The number of hydrogen-bond acceptors (Lipinski definition) is 8. The van der Waals surface area contributed by atoms with Crippen molar-refractivity contribution in [3.63, 3.8) is 0 Å². The van der Waals surface area contributed by atoms with Gasteiger partial charge in [0.2, 0.25) is 10.0 Å². The summed E-state index contributed by atoms with van der Waals surface area (Å²) in [4.78, 5) is 8.74. The molecular formula is C20H26N6O4S. The van der Waals surface area contributed by atoms with E-state index < -0.39 is 10.0 Å². The first kappa shape index (κ1) is 22.5. The second-order valence-corrected chi connectivity index (χ2v) is 8.14. The van der Waals surface area contributed by atoms with Gasteiger partial charge in [-0.3, -0.25) is 0 Å². The molecule has 0 radical (unpaired) electrons. The van der Waals surface area contributed by atoms with Crippen molar-refractivity contribution in [2.45, 2.75) is 25.7 Å². The van der Waals surface area contributed by atoms with Crippen LogP contribution in [-0.2, 0) is 10.0 Å². The molecule has 11 heteroatoms. The Morgan fingerprint density at radius 1 is 1.06 bits per heavy atom. The van der Waals surface area contributed by atoms with Crippen LogP contribution in [0.5, 0.6) is 11.5 Å². The van der Waals surface area contributed by atoms with E-state index in [4.69, 9.17) is 9.47 Å². The zero-order valence-corrected chi connectivity index (χ0v) is 18.5. The molecule has 0 atom stereocenters. The lowest BCUT2D eigenvalue weighted by molar-refractivity contribution is 0.317. The Morgan fingerprint density at radius 3 is 2.58 bits per heavy atom. The number of benzene rings is 1. The zero-order valence-electron chi connectivity index (χ0n) is 17.7. The summed E-state index contributed by atoms with van der Waals surface area (Å²) < 4.78 is 40.7. The Morgan fingerprint density at radius 2 is 1.87 bits per heavy atom. The number of ether oxygens (including phenoxy) is 2. The number of nitrogens with zero attached hydrogens (tertiary/aromatic N) is 4. The number of rotatable bonds is 11. The number of anilines is 1. The predicted molar refractivity (Wildman–Crippen MR) is 116 cm³/mol. The van der Waals surface area contributed by atoms with Gasteiger partial charge in [-0.25, -0.2) is 27.8 Å². The summed E-state index contributed by atoms with van der Waals surface area (Å²) in [5, 5.41) is 7.27. The molecule has 0 spiro atoms. The maximum atomic E-state index is 12.8. The van der Waals surface area contributed by atoms with Crippen LogP contribution in [-0.4, -0.2) is 54.5 Å². The molecule has 0 aliphatic rings. The van der Waals surface area contributed by atoms with Crippen LogP contribution >= 0.6 is 0 Å².